The molecule has 0 unspecified atom stereocenters. The van der Waals surface area contributed by atoms with E-state index in [1.807, 2.05) is 0 Å². The van der Waals surface area contributed by atoms with E-state index in [2.05, 4.69) is 22.6 Å². The van der Waals surface area contributed by atoms with E-state index >= 15 is 0 Å². The first kappa shape index (κ1) is 8.62. The minimum atomic E-state index is 0.00748. The molecule has 1 saturated heterocycles. The Morgan fingerprint density at radius 2 is 2.31 bits per heavy atom. The average molecular weight is 197 g/mol. The monoisotopic (exact) mass is 197 g/mol. The lowest BCUT2D eigenvalue weighted by Gasteiger charge is -2.45. The van der Waals surface area contributed by atoms with Crippen LogP contribution in [0.25, 0.3) is 0 Å². The number of likely N-dealkylation sites (tertiary alicyclic amines) is 1. The summed E-state index contributed by atoms with van der Waals surface area (Å²) in [6, 6.07) is 0. The third-order valence-corrected chi connectivity index (χ3v) is 2.58. The minimum absolute atomic E-state index is 0.00748. The number of aromatic nitrogens is 2. The standard InChI is InChI=1S/C8H11N3OS/c1-8(2)4-11(5-8)7(12)6-3-9-13-10-6/h3H,4-5H2,1-2H3. The van der Waals surface area contributed by atoms with Crippen molar-refractivity contribution in [2.45, 2.75) is 13.8 Å². The van der Waals surface area contributed by atoms with Gasteiger partial charge in [0.25, 0.3) is 5.91 Å². The third-order valence-electron chi connectivity index (χ3n) is 2.11. The van der Waals surface area contributed by atoms with Crippen LogP contribution < -0.4 is 0 Å². The Morgan fingerprint density at radius 3 is 2.77 bits per heavy atom. The first-order chi connectivity index (χ1) is 6.08. The molecule has 2 heterocycles. The van der Waals surface area contributed by atoms with Gasteiger partial charge in [0.15, 0.2) is 5.69 Å². The topological polar surface area (TPSA) is 46.1 Å². The maximum atomic E-state index is 11.6. The lowest BCUT2D eigenvalue weighted by molar-refractivity contribution is 0.0232. The van der Waals surface area contributed by atoms with E-state index < -0.39 is 0 Å². The van der Waals surface area contributed by atoms with Crippen molar-refractivity contribution in [2.75, 3.05) is 13.1 Å². The molecule has 0 aliphatic carbocycles. The Morgan fingerprint density at radius 1 is 1.62 bits per heavy atom. The second-order valence-corrected chi connectivity index (χ2v) is 4.67. The van der Waals surface area contributed by atoms with Crippen molar-refractivity contribution < 1.29 is 4.79 Å². The van der Waals surface area contributed by atoms with Crippen molar-refractivity contribution in [1.82, 2.24) is 13.6 Å². The molecular formula is C8H11N3OS. The highest BCUT2D eigenvalue weighted by atomic mass is 32.1. The summed E-state index contributed by atoms with van der Waals surface area (Å²) in [5.74, 6) is 0.00748. The highest BCUT2D eigenvalue weighted by Gasteiger charge is 2.38. The maximum Gasteiger partial charge on any atom is 0.275 e. The summed E-state index contributed by atoms with van der Waals surface area (Å²) in [6.07, 6.45) is 1.53. The van der Waals surface area contributed by atoms with Crippen LogP contribution in [-0.4, -0.2) is 32.6 Å². The van der Waals surface area contributed by atoms with Gasteiger partial charge in [0.1, 0.15) is 0 Å². The Bertz CT molecular complexity index is 312. The highest BCUT2D eigenvalue weighted by molar-refractivity contribution is 6.99. The summed E-state index contributed by atoms with van der Waals surface area (Å²) >= 11 is 1.07. The summed E-state index contributed by atoms with van der Waals surface area (Å²) in [5, 5.41) is 0. The molecular weight excluding hydrogens is 186 g/mol. The summed E-state index contributed by atoms with van der Waals surface area (Å²) in [4.78, 5) is 13.4. The zero-order valence-corrected chi connectivity index (χ0v) is 8.47. The van der Waals surface area contributed by atoms with Gasteiger partial charge in [-0.05, 0) is 5.41 Å². The third kappa shape index (κ3) is 1.56. The number of hydrogen-bond donors (Lipinski definition) is 0. The van der Waals surface area contributed by atoms with Gasteiger partial charge >= 0.3 is 0 Å². The van der Waals surface area contributed by atoms with E-state index in [0.717, 1.165) is 24.8 Å². The largest absolute Gasteiger partial charge is 0.336 e. The molecule has 0 N–H and O–H groups in total. The molecule has 1 amide bonds. The van der Waals surface area contributed by atoms with Crippen LogP contribution in [-0.2, 0) is 0 Å². The molecule has 0 atom stereocenters. The Kier molecular flexibility index (Phi) is 1.83. The molecule has 1 aliphatic rings. The number of nitrogens with zero attached hydrogens (tertiary/aromatic N) is 3. The fourth-order valence-corrected chi connectivity index (χ4v) is 1.96. The fraction of sp³-hybridized carbons (Fsp3) is 0.625. The van der Waals surface area contributed by atoms with E-state index in [4.69, 9.17) is 0 Å². The van der Waals surface area contributed by atoms with E-state index in [0.29, 0.717) is 5.69 Å². The molecule has 5 heteroatoms. The summed E-state index contributed by atoms with van der Waals surface area (Å²) in [7, 11) is 0. The Hall–Kier alpha value is -0.970. The first-order valence-electron chi connectivity index (χ1n) is 4.15. The predicted molar refractivity (Wildman–Crippen MR) is 49.6 cm³/mol. The molecule has 0 radical (unpaired) electrons. The van der Waals surface area contributed by atoms with Crippen molar-refractivity contribution >= 4 is 17.6 Å². The van der Waals surface area contributed by atoms with E-state index in [9.17, 15) is 4.79 Å². The quantitative estimate of drug-likeness (QED) is 0.675. The van der Waals surface area contributed by atoms with Gasteiger partial charge in [-0.3, -0.25) is 4.79 Å². The molecule has 13 heavy (non-hydrogen) atoms. The highest BCUT2D eigenvalue weighted by Crippen LogP contribution is 2.29. The predicted octanol–water partition coefficient (Wildman–Crippen LogP) is 1.02. The molecule has 0 saturated carbocycles. The van der Waals surface area contributed by atoms with Crippen LogP contribution in [0.3, 0.4) is 0 Å². The Balaban J connectivity index is 2.02. The van der Waals surface area contributed by atoms with Crippen molar-refractivity contribution in [2.24, 2.45) is 5.41 Å². The van der Waals surface area contributed by atoms with Crippen molar-refractivity contribution in [3.63, 3.8) is 0 Å². The second kappa shape index (κ2) is 2.77. The summed E-state index contributed by atoms with van der Waals surface area (Å²) in [5.41, 5.74) is 0.750. The van der Waals surface area contributed by atoms with Crippen LogP contribution in [0, 0.1) is 5.41 Å². The van der Waals surface area contributed by atoms with E-state index in [1.54, 1.807) is 4.90 Å². The molecule has 1 aromatic rings. The average Bonchev–Trinajstić information content (AvgIpc) is 2.50. The molecule has 70 valence electrons. The molecule has 0 bridgehead atoms. The number of hydrogen-bond acceptors (Lipinski definition) is 4. The zero-order chi connectivity index (χ0) is 9.47. The Labute approximate surface area is 80.9 Å². The van der Waals surface area contributed by atoms with Gasteiger partial charge in [-0.25, -0.2) is 0 Å². The van der Waals surface area contributed by atoms with Crippen LogP contribution in [0.15, 0.2) is 6.20 Å². The minimum Gasteiger partial charge on any atom is -0.336 e. The van der Waals surface area contributed by atoms with Crippen LogP contribution in [0.4, 0.5) is 0 Å². The van der Waals surface area contributed by atoms with Gasteiger partial charge in [-0.2, -0.15) is 8.75 Å². The lowest BCUT2D eigenvalue weighted by Crippen LogP contribution is -2.55. The van der Waals surface area contributed by atoms with Gasteiger partial charge < -0.3 is 4.90 Å². The molecule has 4 nitrogen and oxygen atoms in total. The van der Waals surface area contributed by atoms with Crippen LogP contribution in [0.5, 0.6) is 0 Å². The number of carbonyl (C=O) groups is 1. The number of carbonyl (C=O) groups excluding carboxylic acids is 1. The zero-order valence-electron chi connectivity index (χ0n) is 7.65. The molecule has 2 rings (SSSR count). The van der Waals surface area contributed by atoms with Gasteiger partial charge in [-0.15, -0.1) is 0 Å². The van der Waals surface area contributed by atoms with E-state index in [-0.39, 0.29) is 11.3 Å². The SMILES string of the molecule is CC1(C)CN(C(=O)c2cnsn2)C1. The normalized spacial score (nSPS) is 19.7. The number of rotatable bonds is 1. The molecule has 0 aromatic carbocycles. The fourth-order valence-electron chi connectivity index (χ4n) is 1.55. The van der Waals surface area contributed by atoms with Gasteiger partial charge in [0, 0.05) is 13.1 Å². The molecule has 1 aliphatic heterocycles. The van der Waals surface area contributed by atoms with Gasteiger partial charge in [-0.1, -0.05) is 13.8 Å². The maximum absolute atomic E-state index is 11.6. The summed E-state index contributed by atoms with van der Waals surface area (Å²) < 4.78 is 7.71. The molecule has 1 aromatic heterocycles. The van der Waals surface area contributed by atoms with Crippen LogP contribution >= 0.6 is 11.7 Å². The van der Waals surface area contributed by atoms with Gasteiger partial charge in [0.2, 0.25) is 0 Å². The first-order valence-corrected chi connectivity index (χ1v) is 4.88. The number of amides is 1. The second-order valence-electron chi connectivity index (χ2n) is 4.12. The molecule has 1 fully saturated rings. The van der Waals surface area contributed by atoms with Crippen molar-refractivity contribution in [3.8, 4) is 0 Å². The van der Waals surface area contributed by atoms with Gasteiger partial charge in [0.05, 0.1) is 17.9 Å². The van der Waals surface area contributed by atoms with Crippen molar-refractivity contribution in [1.29, 1.82) is 0 Å². The van der Waals surface area contributed by atoms with Crippen LogP contribution in [0.2, 0.25) is 0 Å². The lowest BCUT2D eigenvalue weighted by atomic mass is 9.84. The summed E-state index contributed by atoms with van der Waals surface area (Å²) in [6.45, 7) is 5.94. The smallest absolute Gasteiger partial charge is 0.275 e. The van der Waals surface area contributed by atoms with Crippen LogP contribution in [0.1, 0.15) is 24.3 Å². The van der Waals surface area contributed by atoms with Crippen molar-refractivity contribution in [3.05, 3.63) is 11.9 Å². The van der Waals surface area contributed by atoms with E-state index in [1.165, 1.54) is 6.20 Å². The molecule has 0 spiro atoms.